The van der Waals surface area contributed by atoms with E-state index in [0.717, 1.165) is 5.69 Å². The number of sulfonamides is 1. The zero-order chi connectivity index (χ0) is 18.6. The standard InChI is InChI=1S/C20H24N2O3S/c1-21(18-8-4-2-5-9-18)20(23)16-17-12-14-22(15-13-17)26(24,25)19-10-6-3-7-11-19/h2-11,17H,12-16H2,1H3. The average molecular weight is 372 g/mol. The molecule has 2 aromatic carbocycles. The van der Waals surface area contributed by atoms with Gasteiger partial charge < -0.3 is 4.90 Å². The first kappa shape index (κ1) is 18.6. The van der Waals surface area contributed by atoms with E-state index < -0.39 is 10.0 Å². The Hall–Kier alpha value is -2.18. The number of para-hydroxylation sites is 1. The first-order valence-corrected chi connectivity index (χ1v) is 10.3. The minimum Gasteiger partial charge on any atom is -0.315 e. The summed E-state index contributed by atoms with van der Waals surface area (Å²) in [7, 11) is -1.65. The number of rotatable bonds is 5. The van der Waals surface area contributed by atoms with Crippen LogP contribution in [0, 0.1) is 5.92 Å². The summed E-state index contributed by atoms with van der Waals surface area (Å²) in [6.07, 6.45) is 1.87. The van der Waals surface area contributed by atoms with Gasteiger partial charge in [-0.15, -0.1) is 0 Å². The number of hydrogen-bond acceptors (Lipinski definition) is 3. The van der Waals surface area contributed by atoms with Gasteiger partial charge in [0.25, 0.3) is 0 Å². The minimum absolute atomic E-state index is 0.0700. The van der Waals surface area contributed by atoms with E-state index in [4.69, 9.17) is 0 Å². The maximum atomic E-state index is 12.7. The van der Waals surface area contributed by atoms with Gasteiger partial charge >= 0.3 is 0 Å². The molecule has 0 saturated carbocycles. The zero-order valence-corrected chi connectivity index (χ0v) is 15.7. The summed E-state index contributed by atoms with van der Waals surface area (Å²) in [6, 6.07) is 18.1. The van der Waals surface area contributed by atoms with Crippen LogP contribution in [0.15, 0.2) is 65.6 Å². The van der Waals surface area contributed by atoms with Crippen molar-refractivity contribution in [2.45, 2.75) is 24.2 Å². The van der Waals surface area contributed by atoms with Crippen LogP contribution in [0.2, 0.25) is 0 Å². The van der Waals surface area contributed by atoms with Crippen LogP contribution in [0.3, 0.4) is 0 Å². The van der Waals surface area contributed by atoms with Gasteiger partial charge in [0.2, 0.25) is 15.9 Å². The number of benzene rings is 2. The average Bonchev–Trinajstić information content (AvgIpc) is 2.69. The molecule has 1 aliphatic rings. The summed E-state index contributed by atoms with van der Waals surface area (Å²) in [6.45, 7) is 0.925. The lowest BCUT2D eigenvalue weighted by atomic mass is 9.94. The highest BCUT2D eigenvalue weighted by Gasteiger charge is 2.30. The van der Waals surface area contributed by atoms with E-state index in [1.165, 1.54) is 4.31 Å². The van der Waals surface area contributed by atoms with E-state index >= 15 is 0 Å². The monoisotopic (exact) mass is 372 g/mol. The highest BCUT2D eigenvalue weighted by atomic mass is 32.2. The normalized spacial score (nSPS) is 16.3. The van der Waals surface area contributed by atoms with E-state index in [0.29, 0.717) is 37.2 Å². The van der Waals surface area contributed by atoms with Gasteiger partial charge in [0, 0.05) is 32.2 Å². The van der Waals surface area contributed by atoms with Gasteiger partial charge in [0.05, 0.1) is 4.90 Å². The molecule has 0 spiro atoms. The number of carbonyl (C=O) groups excluding carboxylic acids is 1. The molecule has 0 aliphatic carbocycles. The highest BCUT2D eigenvalue weighted by molar-refractivity contribution is 7.89. The lowest BCUT2D eigenvalue weighted by Gasteiger charge is -2.31. The smallest absolute Gasteiger partial charge is 0.243 e. The van der Waals surface area contributed by atoms with Gasteiger partial charge in [-0.2, -0.15) is 4.31 Å². The molecule has 1 heterocycles. The molecule has 1 amide bonds. The fraction of sp³-hybridized carbons (Fsp3) is 0.350. The Kier molecular flexibility index (Phi) is 5.74. The third kappa shape index (κ3) is 4.14. The highest BCUT2D eigenvalue weighted by Crippen LogP contribution is 2.26. The Morgan fingerprint density at radius 3 is 2.12 bits per heavy atom. The summed E-state index contributed by atoms with van der Waals surface area (Å²) in [5, 5.41) is 0. The van der Waals surface area contributed by atoms with E-state index in [9.17, 15) is 13.2 Å². The second-order valence-electron chi connectivity index (χ2n) is 6.65. The van der Waals surface area contributed by atoms with Gasteiger partial charge in [-0.25, -0.2) is 8.42 Å². The van der Waals surface area contributed by atoms with Crippen molar-refractivity contribution in [1.82, 2.24) is 4.31 Å². The van der Waals surface area contributed by atoms with Crippen molar-refractivity contribution in [3.63, 3.8) is 0 Å². The van der Waals surface area contributed by atoms with Crippen LogP contribution in [0.4, 0.5) is 5.69 Å². The van der Waals surface area contributed by atoms with Crippen molar-refractivity contribution in [3.8, 4) is 0 Å². The quantitative estimate of drug-likeness (QED) is 0.810. The molecular formula is C20H24N2O3S. The molecule has 3 rings (SSSR count). The molecule has 1 aliphatic heterocycles. The molecule has 0 unspecified atom stereocenters. The summed E-state index contributed by atoms with van der Waals surface area (Å²) in [5.41, 5.74) is 0.876. The lowest BCUT2D eigenvalue weighted by molar-refractivity contribution is -0.119. The molecule has 0 N–H and O–H groups in total. The summed E-state index contributed by atoms with van der Waals surface area (Å²) >= 11 is 0. The molecule has 138 valence electrons. The van der Waals surface area contributed by atoms with Gasteiger partial charge in [-0.05, 0) is 43.0 Å². The van der Waals surface area contributed by atoms with Crippen molar-refractivity contribution in [1.29, 1.82) is 0 Å². The maximum Gasteiger partial charge on any atom is 0.243 e. The van der Waals surface area contributed by atoms with Gasteiger partial charge in [0.1, 0.15) is 0 Å². The molecular weight excluding hydrogens is 348 g/mol. The van der Waals surface area contributed by atoms with Crippen LogP contribution in [-0.2, 0) is 14.8 Å². The number of amides is 1. The van der Waals surface area contributed by atoms with E-state index in [2.05, 4.69) is 0 Å². The molecule has 0 atom stereocenters. The fourth-order valence-electron chi connectivity index (χ4n) is 3.27. The molecule has 1 saturated heterocycles. The Morgan fingerprint density at radius 2 is 1.54 bits per heavy atom. The predicted molar refractivity (Wildman–Crippen MR) is 102 cm³/mol. The van der Waals surface area contributed by atoms with Crippen LogP contribution >= 0.6 is 0 Å². The predicted octanol–water partition coefficient (Wildman–Crippen LogP) is 3.14. The molecule has 0 bridgehead atoms. The molecule has 1 fully saturated rings. The Balaban J connectivity index is 1.56. The van der Waals surface area contributed by atoms with Crippen LogP contribution in [-0.4, -0.2) is 38.8 Å². The van der Waals surface area contributed by atoms with E-state index in [1.807, 2.05) is 30.3 Å². The second kappa shape index (κ2) is 8.01. The molecule has 2 aromatic rings. The van der Waals surface area contributed by atoms with Crippen molar-refractivity contribution >= 4 is 21.6 Å². The fourth-order valence-corrected chi connectivity index (χ4v) is 4.77. The molecule has 0 aromatic heterocycles. The van der Waals surface area contributed by atoms with Crippen LogP contribution < -0.4 is 4.90 Å². The lowest BCUT2D eigenvalue weighted by Crippen LogP contribution is -2.39. The summed E-state index contributed by atoms with van der Waals surface area (Å²) in [4.78, 5) is 14.5. The number of piperidine rings is 1. The zero-order valence-electron chi connectivity index (χ0n) is 14.9. The topological polar surface area (TPSA) is 57.7 Å². The molecule has 26 heavy (non-hydrogen) atoms. The largest absolute Gasteiger partial charge is 0.315 e. The van der Waals surface area contributed by atoms with Crippen LogP contribution in [0.5, 0.6) is 0 Å². The van der Waals surface area contributed by atoms with Crippen LogP contribution in [0.25, 0.3) is 0 Å². The number of carbonyl (C=O) groups is 1. The Labute approximate surface area is 155 Å². The maximum absolute atomic E-state index is 12.7. The first-order valence-electron chi connectivity index (χ1n) is 8.85. The Bertz CT molecular complexity index is 830. The Morgan fingerprint density at radius 1 is 1.00 bits per heavy atom. The second-order valence-corrected chi connectivity index (χ2v) is 8.59. The van der Waals surface area contributed by atoms with Crippen LogP contribution in [0.1, 0.15) is 19.3 Å². The van der Waals surface area contributed by atoms with E-state index in [1.54, 1.807) is 42.3 Å². The van der Waals surface area contributed by atoms with Crippen molar-refractivity contribution in [2.75, 3.05) is 25.0 Å². The SMILES string of the molecule is CN(C(=O)CC1CCN(S(=O)(=O)c2ccccc2)CC1)c1ccccc1. The van der Waals surface area contributed by atoms with Gasteiger partial charge in [-0.1, -0.05) is 36.4 Å². The first-order chi connectivity index (χ1) is 12.5. The van der Waals surface area contributed by atoms with Crippen molar-refractivity contribution in [2.24, 2.45) is 5.92 Å². The van der Waals surface area contributed by atoms with Gasteiger partial charge in [-0.3, -0.25) is 4.79 Å². The van der Waals surface area contributed by atoms with Crippen molar-refractivity contribution < 1.29 is 13.2 Å². The number of anilines is 1. The summed E-state index contributed by atoms with van der Waals surface area (Å²) in [5.74, 6) is 0.288. The number of nitrogens with zero attached hydrogens (tertiary/aromatic N) is 2. The molecule has 6 heteroatoms. The summed E-state index contributed by atoms with van der Waals surface area (Å²) < 4.78 is 26.9. The molecule has 0 radical (unpaired) electrons. The number of hydrogen-bond donors (Lipinski definition) is 0. The minimum atomic E-state index is -3.44. The van der Waals surface area contributed by atoms with Crippen molar-refractivity contribution in [3.05, 3.63) is 60.7 Å². The molecule has 5 nitrogen and oxygen atoms in total. The third-order valence-electron chi connectivity index (χ3n) is 4.94. The van der Waals surface area contributed by atoms with Gasteiger partial charge in [0.15, 0.2) is 0 Å². The van der Waals surface area contributed by atoms with E-state index in [-0.39, 0.29) is 11.8 Å². The third-order valence-corrected chi connectivity index (χ3v) is 6.85.